The van der Waals surface area contributed by atoms with E-state index in [1.165, 1.54) is 7.11 Å². The number of carbonyl (C=O) groups excluding carboxylic acids is 2. The lowest BCUT2D eigenvalue weighted by molar-refractivity contribution is -0.142. The molecule has 0 heterocycles. The van der Waals surface area contributed by atoms with Crippen LogP contribution in [-0.2, 0) is 16.0 Å². The van der Waals surface area contributed by atoms with E-state index >= 15 is 0 Å². The van der Waals surface area contributed by atoms with Gasteiger partial charge in [-0.1, -0.05) is 27.5 Å². The largest absolute Gasteiger partial charge is 0.467 e. The number of ether oxygens (including phenoxy) is 1. The lowest BCUT2D eigenvalue weighted by Crippen LogP contribution is -2.43. The Labute approximate surface area is 156 Å². The fourth-order valence-electron chi connectivity index (χ4n) is 2.13. The highest BCUT2D eigenvalue weighted by molar-refractivity contribution is 9.10. The van der Waals surface area contributed by atoms with E-state index in [1.54, 1.807) is 18.2 Å². The Bertz CT molecular complexity index is 816. The Morgan fingerprint density at radius 1 is 1.20 bits per heavy atom. The summed E-state index contributed by atoms with van der Waals surface area (Å²) in [4.78, 5) is 24.2. The number of halogens is 4. The minimum Gasteiger partial charge on any atom is -0.467 e. The van der Waals surface area contributed by atoms with Crippen molar-refractivity contribution in [3.05, 3.63) is 68.7 Å². The SMILES string of the molecule is COC(=O)[C@@H](Cc1cc(Cl)ccc1Br)NC(=O)c1ccc(F)c(F)c1. The van der Waals surface area contributed by atoms with Crippen LogP contribution in [0.3, 0.4) is 0 Å². The number of rotatable bonds is 5. The molecule has 1 amide bonds. The Morgan fingerprint density at radius 3 is 2.56 bits per heavy atom. The summed E-state index contributed by atoms with van der Waals surface area (Å²) in [5.74, 6) is -3.63. The van der Waals surface area contributed by atoms with Gasteiger partial charge in [0, 0.05) is 21.5 Å². The van der Waals surface area contributed by atoms with E-state index in [1.807, 2.05) is 0 Å². The number of hydrogen-bond acceptors (Lipinski definition) is 3. The maximum Gasteiger partial charge on any atom is 0.328 e. The molecule has 0 aliphatic rings. The van der Waals surface area contributed by atoms with Crippen LogP contribution in [0.5, 0.6) is 0 Å². The Morgan fingerprint density at radius 2 is 1.92 bits per heavy atom. The third-order valence-electron chi connectivity index (χ3n) is 3.40. The van der Waals surface area contributed by atoms with Crippen molar-refractivity contribution in [2.75, 3.05) is 7.11 Å². The van der Waals surface area contributed by atoms with Gasteiger partial charge in [0.1, 0.15) is 6.04 Å². The summed E-state index contributed by atoms with van der Waals surface area (Å²) in [6, 6.07) is 6.72. The molecule has 0 aliphatic heterocycles. The van der Waals surface area contributed by atoms with E-state index in [0.717, 1.165) is 18.2 Å². The van der Waals surface area contributed by atoms with Crippen molar-refractivity contribution in [1.82, 2.24) is 5.32 Å². The number of nitrogens with one attached hydrogen (secondary N) is 1. The van der Waals surface area contributed by atoms with Crippen LogP contribution < -0.4 is 5.32 Å². The topological polar surface area (TPSA) is 55.4 Å². The van der Waals surface area contributed by atoms with Crippen molar-refractivity contribution in [2.45, 2.75) is 12.5 Å². The van der Waals surface area contributed by atoms with Crippen LogP contribution in [0.15, 0.2) is 40.9 Å². The highest BCUT2D eigenvalue weighted by Gasteiger charge is 2.24. The third kappa shape index (κ3) is 4.99. The second-order valence-electron chi connectivity index (χ2n) is 5.12. The van der Waals surface area contributed by atoms with E-state index in [0.29, 0.717) is 15.1 Å². The van der Waals surface area contributed by atoms with Gasteiger partial charge < -0.3 is 10.1 Å². The number of carbonyl (C=O) groups is 2. The molecule has 4 nitrogen and oxygen atoms in total. The highest BCUT2D eigenvalue weighted by Crippen LogP contribution is 2.23. The first-order chi connectivity index (χ1) is 11.8. The summed E-state index contributed by atoms with van der Waals surface area (Å²) >= 11 is 9.29. The van der Waals surface area contributed by atoms with Gasteiger partial charge in [0.05, 0.1) is 7.11 Å². The standard InChI is InChI=1S/C17H13BrClF2NO3/c1-25-17(24)15(8-10-6-11(19)3-4-12(10)18)22-16(23)9-2-5-13(20)14(21)7-9/h2-7,15H,8H2,1H3,(H,22,23)/t15-/m1/s1. The predicted octanol–water partition coefficient (Wildman–Crippen LogP) is 3.89. The van der Waals surface area contributed by atoms with Crippen LogP contribution in [0.2, 0.25) is 5.02 Å². The summed E-state index contributed by atoms with van der Waals surface area (Å²) in [7, 11) is 1.19. The summed E-state index contributed by atoms with van der Waals surface area (Å²) in [6.45, 7) is 0. The lowest BCUT2D eigenvalue weighted by atomic mass is 10.1. The molecule has 0 spiro atoms. The van der Waals surface area contributed by atoms with E-state index in [-0.39, 0.29) is 12.0 Å². The van der Waals surface area contributed by atoms with Crippen molar-refractivity contribution in [1.29, 1.82) is 0 Å². The second-order valence-corrected chi connectivity index (χ2v) is 6.41. The van der Waals surface area contributed by atoms with Crippen molar-refractivity contribution in [3.8, 4) is 0 Å². The molecule has 0 unspecified atom stereocenters. The summed E-state index contributed by atoms with van der Waals surface area (Å²) < 4.78 is 31.7. The van der Waals surface area contributed by atoms with E-state index < -0.39 is 29.6 Å². The molecule has 2 rings (SSSR count). The third-order valence-corrected chi connectivity index (χ3v) is 4.41. The second kappa shape index (κ2) is 8.40. The molecular weight excluding hydrogens is 420 g/mol. The van der Waals surface area contributed by atoms with Crippen LogP contribution in [0.4, 0.5) is 8.78 Å². The van der Waals surface area contributed by atoms with Gasteiger partial charge in [0.2, 0.25) is 0 Å². The first-order valence-electron chi connectivity index (χ1n) is 7.09. The molecule has 2 aromatic rings. The zero-order chi connectivity index (χ0) is 18.6. The fourth-order valence-corrected chi connectivity index (χ4v) is 2.74. The lowest BCUT2D eigenvalue weighted by Gasteiger charge is -2.17. The maximum absolute atomic E-state index is 13.3. The van der Waals surface area contributed by atoms with Crippen LogP contribution in [-0.4, -0.2) is 25.0 Å². The first kappa shape index (κ1) is 19.3. The summed E-state index contributed by atoms with van der Waals surface area (Å²) in [5, 5.41) is 2.93. The molecular formula is C17H13BrClF2NO3. The van der Waals surface area contributed by atoms with Gasteiger partial charge in [-0.3, -0.25) is 4.79 Å². The first-order valence-corrected chi connectivity index (χ1v) is 8.26. The fraction of sp³-hybridized carbons (Fsp3) is 0.176. The Hall–Kier alpha value is -1.99. The molecule has 1 N–H and O–H groups in total. The number of esters is 1. The minimum atomic E-state index is -1.15. The monoisotopic (exact) mass is 431 g/mol. The molecule has 0 fully saturated rings. The van der Waals surface area contributed by atoms with Crippen molar-refractivity contribution < 1.29 is 23.1 Å². The normalized spacial score (nSPS) is 11.7. The average molecular weight is 433 g/mol. The van der Waals surface area contributed by atoms with Crippen LogP contribution in [0, 0.1) is 11.6 Å². The molecule has 1 atom stereocenters. The molecule has 0 saturated heterocycles. The smallest absolute Gasteiger partial charge is 0.328 e. The van der Waals surface area contributed by atoms with Gasteiger partial charge >= 0.3 is 5.97 Å². The van der Waals surface area contributed by atoms with Crippen LogP contribution in [0.1, 0.15) is 15.9 Å². The van der Waals surface area contributed by atoms with Gasteiger partial charge in [-0.2, -0.15) is 0 Å². The molecule has 0 bridgehead atoms. The van der Waals surface area contributed by atoms with E-state index in [2.05, 4.69) is 21.2 Å². The number of hydrogen-bond donors (Lipinski definition) is 1. The molecule has 0 radical (unpaired) electrons. The number of amides is 1. The predicted molar refractivity (Wildman–Crippen MR) is 92.5 cm³/mol. The Kier molecular flexibility index (Phi) is 6.50. The Balaban J connectivity index is 2.22. The molecule has 2 aromatic carbocycles. The molecule has 0 saturated carbocycles. The van der Waals surface area contributed by atoms with E-state index in [4.69, 9.17) is 16.3 Å². The van der Waals surface area contributed by atoms with Gasteiger partial charge in [0.25, 0.3) is 5.91 Å². The van der Waals surface area contributed by atoms with Gasteiger partial charge in [-0.25, -0.2) is 13.6 Å². The number of methoxy groups -OCH3 is 1. The molecule has 25 heavy (non-hydrogen) atoms. The van der Waals surface area contributed by atoms with Crippen LogP contribution in [0.25, 0.3) is 0 Å². The zero-order valence-electron chi connectivity index (χ0n) is 13.0. The summed E-state index contributed by atoms with van der Waals surface area (Å²) in [5.41, 5.74) is 0.562. The number of benzene rings is 2. The minimum absolute atomic E-state index is 0.100. The van der Waals surface area contributed by atoms with Crippen molar-refractivity contribution >= 4 is 39.4 Å². The molecule has 0 aliphatic carbocycles. The van der Waals surface area contributed by atoms with Gasteiger partial charge in [-0.15, -0.1) is 0 Å². The zero-order valence-corrected chi connectivity index (χ0v) is 15.3. The highest BCUT2D eigenvalue weighted by atomic mass is 79.9. The van der Waals surface area contributed by atoms with Gasteiger partial charge in [-0.05, 0) is 42.0 Å². The van der Waals surface area contributed by atoms with Crippen LogP contribution >= 0.6 is 27.5 Å². The molecule has 8 heteroatoms. The van der Waals surface area contributed by atoms with E-state index in [9.17, 15) is 18.4 Å². The molecule has 0 aromatic heterocycles. The van der Waals surface area contributed by atoms with Crippen molar-refractivity contribution in [3.63, 3.8) is 0 Å². The maximum atomic E-state index is 13.3. The van der Waals surface area contributed by atoms with Gasteiger partial charge in [0.15, 0.2) is 11.6 Å². The average Bonchev–Trinajstić information content (AvgIpc) is 2.59. The quantitative estimate of drug-likeness (QED) is 0.729. The molecule has 132 valence electrons. The van der Waals surface area contributed by atoms with Crippen molar-refractivity contribution in [2.24, 2.45) is 0 Å². The summed E-state index contributed by atoms with van der Waals surface area (Å²) in [6.07, 6.45) is 0.100.